The molecule has 2 aromatic rings. The van der Waals surface area contributed by atoms with E-state index in [-0.39, 0.29) is 11.6 Å². The van der Waals surface area contributed by atoms with Gasteiger partial charge in [0.2, 0.25) is 0 Å². The van der Waals surface area contributed by atoms with Gasteiger partial charge in [-0.15, -0.1) is 0 Å². The highest BCUT2D eigenvalue weighted by Crippen LogP contribution is 2.28. The van der Waals surface area contributed by atoms with Crippen LogP contribution in [0, 0.1) is 17.6 Å². The molecule has 2 aromatic carbocycles. The second kappa shape index (κ2) is 5.76. The molecule has 18 heavy (non-hydrogen) atoms. The molecular weight excluding hydrogens is 230 g/mol. The van der Waals surface area contributed by atoms with Crippen molar-refractivity contribution >= 4 is 0 Å². The van der Waals surface area contributed by atoms with Crippen LogP contribution < -0.4 is 0 Å². The van der Waals surface area contributed by atoms with Gasteiger partial charge in [-0.25, -0.2) is 8.78 Å². The Morgan fingerprint density at radius 1 is 0.778 bits per heavy atom. The zero-order chi connectivity index (χ0) is 13.0. The van der Waals surface area contributed by atoms with E-state index in [0.717, 1.165) is 29.9 Å². The highest BCUT2D eigenvalue weighted by Gasteiger charge is 2.14. The molecule has 93 valence electrons. The van der Waals surface area contributed by atoms with Crippen LogP contribution in [0.3, 0.4) is 0 Å². The zero-order valence-corrected chi connectivity index (χ0v) is 10.3. The first-order valence-corrected chi connectivity index (χ1v) is 6.08. The largest absolute Gasteiger partial charge is 0.207 e. The average molecular weight is 245 g/mol. The highest BCUT2D eigenvalue weighted by atomic mass is 19.1. The lowest BCUT2D eigenvalue weighted by atomic mass is 9.88. The SMILES string of the molecule is CCC[C](c1ccc(F)cc1)c1ccc(F)cc1. The van der Waals surface area contributed by atoms with Gasteiger partial charge in [0.25, 0.3) is 0 Å². The summed E-state index contributed by atoms with van der Waals surface area (Å²) in [5.74, 6) is 0.639. The third kappa shape index (κ3) is 2.95. The number of benzene rings is 2. The van der Waals surface area contributed by atoms with Crippen LogP contribution in [-0.2, 0) is 0 Å². The first-order valence-electron chi connectivity index (χ1n) is 6.08. The Bertz CT molecular complexity index is 440. The van der Waals surface area contributed by atoms with Crippen LogP contribution in [0.4, 0.5) is 8.78 Å². The third-order valence-corrected chi connectivity index (χ3v) is 2.89. The van der Waals surface area contributed by atoms with Crippen molar-refractivity contribution in [1.29, 1.82) is 0 Å². The summed E-state index contributed by atoms with van der Waals surface area (Å²) in [5, 5.41) is 0. The first kappa shape index (κ1) is 12.7. The molecule has 0 aliphatic heterocycles. The summed E-state index contributed by atoms with van der Waals surface area (Å²) in [6.45, 7) is 2.09. The molecule has 0 spiro atoms. The van der Waals surface area contributed by atoms with Crippen LogP contribution in [0.15, 0.2) is 48.5 Å². The van der Waals surface area contributed by atoms with Crippen molar-refractivity contribution in [2.75, 3.05) is 0 Å². The van der Waals surface area contributed by atoms with Crippen LogP contribution >= 0.6 is 0 Å². The van der Waals surface area contributed by atoms with E-state index in [1.807, 2.05) is 0 Å². The van der Waals surface area contributed by atoms with E-state index in [1.165, 1.54) is 24.3 Å². The maximum absolute atomic E-state index is 12.9. The summed E-state index contributed by atoms with van der Waals surface area (Å²) in [6, 6.07) is 12.9. The molecule has 0 N–H and O–H groups in total. The van der Waals surface area contributed by atoms with E-state index < -0.39 is 0 Å². The lowest BCUT2D eigenvalue weighted by Crippen LogP contribution is -2.02. The topological polar surface area (TPSA) is 0 Å². The predicted octanol–water partition coefficient (Wildman–Crippen LogP) is 4.74. The number of hydrogen-bond acceptors (Lipinski definition) is 0. The molecule has 0 fully saturated rings. The Morgan fingerprint density at radius 3 is 1.50 bits per heavy atom. The second-order valence-corrected chi connectivity index (χ2v) is 4.24. The molecule has 0 aromatic heterocycles. The standard InChI is InChI=1S/C16H15F2/c1-2-3-16(12-4-8-14(17)9-5-12)13-6-10-15(18)11-7-13/h4-11H,2-3H2,1H3. The van der Waals surface area contributed by atoms with Gasteiger partial charge < -0.3 is 0 Å². The summed E-state index contributed by atoms with van der Waals surface area (Å²) in [5.41, 5.74) is 1.98. The fourth-order valence-electron chi connectivity index (χ4n) is 2.01. The lowest BCUT2D eigenvalue weighted by molar-refractivity contribution is 0.626. The maximum Gasteiger partial charge on any atom is 0.123 e. The van der Waals surface area contributed by atoms with Crippen LogP contribution in [0.2, 0.25) is 0 Å². The Balaban J connectivity index is 2.33. The van der Waals surface area contributed by atoms with Gasteiger partial charge in [-0.05, 0) is 41.8 Å². The highest BCUT2D eigenvalue weighted by molar-refractivity contribution is 5.45. The normalized spacial score (nSPS) is 10.9. The Morgan fingerprint density at radius 2 is 1.17 bits per heavy atom. The molecule has 1 radical (unpaired) electrons. The van der Waals surface area contributed by atoms with Crippen molar-refractivity contribution in [3.8, 4) is 0 Å². The van der Waals surface area contributed by atoms with Crippen molar-refractivity contribution in [3.63, 3.8) is 0 Å². The minimum Gasteiger partial charge on any atom is -0.207 e. The Hall–Kier alpha value is -1.70. The van der Waals surface area contributed by atoms with E-state index in [0.29, 0.717) is 0 Å². The summed E-state index contributed by atoms with van der Waals surface area (Å²) in [7, 11) is 0. The minimum absolute atomic E-state index is 0.242. The van der Waals surface area contributed by atoms with Crippen LogP contribution in [0.5, 0.6) is 0 Å². The fourth-order valence-corrected chi connectivity index (χ4v) is 2.01. The summed E-state index contributed by atoms with van der Waals surface area (Å²) in [4.78, 5) is 0. The van der Waals surface area contributed by atoms with Crippen LogP contribution in [0.25, 0.3) is 0 Å². The van der Waals surface area contributed by atoms with Crippen molar-refractivity contribution in [2.24, 2.45) is 0 Å². The van der Waals surface area contributed by atoms with Gasteiger partial charge in [-0.1, -0.05) is 37.6 Å². The molecule has 0 bridgehead atoms. The molecule has 0 nitrogen and oxygen atoms in total. The summed E-state index contributed by atoms with van der Waals surface area (Å²) >= 11 is 0. The van der Waals surface area contributed by atoms with Gasteiger partial charge in [0.1, 0.15) is 11.6 Å². The minimum atomic E-state index is -0.242. The number of hydrogen-bond donors (Lipinski definition) is 0. The molecule has 0 amide bonds. The molecule has 0 saturated carbocycles. The maximum atomic E-state index is 12.9. The quantitative estimate of drug-likeness (QED) is 0.730. The van der Waals surface area contributed by atoms with Crippen LogP contribution in [0.1, 0.15) is 30.9 Å². The van der Waals surface area contributed by atoms with Crippen LogP contribution in [-0.4, -0.2) is 0 Å². The summed E-state index contributed by atoms with van der Waals surface area (Å²) in [6.07, 6.45) is 1.88. The molecule has 2 heteroatoms. The van der Waals surface area contributed by atoms with E-state index in [9.17, 15) is 8.78 Å². The zero-order valence-electron chi connectivity index (χ0n) is 10.3. The summed E-state index contributed by atoms with van der Waals surface area (Å²) < 4.78 is 25.9. The van der Waals surface area contributed by atoms with Gasteiger partial charge in [0.05, 0.1) is 0 Å². The van der Waals surface area contributed by atoms with Crippen molar-refractivity contribution in [1.82, 2.24) is 0 Å². The molecular formula is C16H15F2. The molecule has 0 heterocycles. The monoisotopic (exact) mass is 245 g/mol. The average Bonchev–Trinajstić information content (AvgIpc) is 2.39. The van der Waals surface area contributed by atoms with Gasteiger partial charge in [0.15, 0.2) is 0 Å². The lowest BCUT2D eigenvalue weighted by Gasteiger charge is -2.16. The third-order valence-electron chi connectivity index (χ3n) is 2.89. The van der Waals surface area contributed by atoms with E-state index in [1.54, 1.807) is 24.3 Å². The predicted molar refractivity (Wildman–Crippen MR) is 69.2 cm³/mol. The van der Waals surface area contributed by atoms with Gasteiger partial charge >= 0.3 is 0 Å². The second-order valence-electron chi connectivity index (χ2n) is 4.24. The van der Waals surface area contributed by atoms with Crippen molar-refractivity contribution in [2.45, 2.75) is 19.8 Å². The van der Waals surface area contributed by atoms with Crippen molar-refractivity contribution < 1.29 is 8.78 Å². The van der Waals surface area contributed by atoms with Crippen molar-refractivity contribution in [3.05, 3.63) is 77.2 Å². The Kier molecular flexibility index (Phi) is 4.08. The van der Waals surface area contributed by atoms with E-state index in [2.05, 4.69) is 6.92 Å². The number of rotatable bonds is 4. The van der Waals surface area contributed by atoms with Gasteiger partial charge in [-0.2, -0.15) is 0 Å². The molecule has 0 saturated heterocycles. The van der Waals surface area contributed by atoms with E-state index >= 15 is 0 Å². The fraction of sp³-hybridized carbons (Fsp3) is 0.188. The molecule has 0 aliphatic carbocycles. The Labute approximate surface area is 106 Å². The molecule has 0 atom stereocenters. The first-order chi connectivity index (χ1) is 8.70. The van der Waals surface area contributed by atoms with Gasteiger partial charge in [-0.3, -0.25) is 0 Å². The molecule has 0 unspecified atom stereocenters. The smallest absolute Gasteiger partial charge is 0.123 e. The number of halogens is 2. The molecule has 2 rings (SSSR count). The van der Waals surface area contributed by atoms with E-state index in [4.69, 9.17) is 0 Å². The van der Waals surface area contributed by atoms with Gasteiger partial charge in [0, 0.05) is 5.92 Å². The molecule has 0 aliphatic rings.